The molecule has 7 heteroatoms. The topological polar surface area (TPSA) is 59.4 Å². The Morgan fingerprint density at radius 2 is 1.97 bits per heavy atom. The first kappa shape index (κ1) is 23.3. The molecular weight excluding hydrogens is 436 g/mol. The summed E-state index contributed by atoms with van der Waals surface area (Å²) in [5.74, 6) is 0.561. The summed E-state index contributed by atoms with van der Waals surface area (Å²) in [5.41, 5.74) is 5.28. The third-order valence-corrected chi connectivity index (χ3v) is 6.59. The second-order valence-corrected chi connectivity index (χ2v) is 8.96. The number of aryl methyl sites for hydroxylation is 1. The highest BCUT2D eigenvalue weighted by molar-refractivity contribution is 6.33. The maximum absolute atomic E-state index is 13.6. The molecule has 1 aliphatic carbocycles. The lowest BCUT2D eigenvalue weighted by molar-refractivity contribution is 0.0574. The van der Waals surface area contributed by atoms with Gasteiger partial charge in [-0.25, -0.2) is 4.98 Å². The van der Waals surface area contributed by atoms with Gasteiger partial charge in [0.1, 0.15) is 11.5 Å². The van der Waals surface area contributed by atoms with Gasteiger partial charge in [-0.1, -0.05) is 42.8 Å². The molecule has 3 aromatic rings. The molecule has 0 fully saturated rings. The van der Waals surface area contributed by atoms with Crippen molar-refractivity contribution in [1.82, 2.24) is 9.55 Å². The Kier molecular flexibility index (Phi) is 6.77. The van der Waals surface area contributed by atoms with Crippen LogP contribution in [0.3, 0.4) is 0 Å². The highest BCUT2D eigenvalue weighted by Crippen LogP contribution is 2.36. The first-order valence-corrected chi connectivity index (χ1v) is 11.8. The van der Waals surface area contributed by atoms with E-state index in [1.54, 1.807) is 11.6 Å². The number of hydrogen-bond acceptors (Lipinski definition) is 5. The number of benzene rings is 2. The Labute approximate surface area is 200 Å². The van der Waals surface area contributed by atoms with Crippen molar-refractivity contribution in [3.8, 4) is 11.4 Å². The van der Waals surface area contributed by atoms with E-state index in [0.717, 1.165) is 23.4 Å². The van der Waals surface area contributed by atoms with Crippen molar-refractivity contribution in [3.05, 3.63) is 74.7 Å². The summed E-state index contributed by atoms with van der Waals surface area (Å²) in [6.07, 6.45) is 1.41. The number of nitrogens with one attached hydrogen (secondary N) is 1. The Bertz CT molecular complexity index is 1220. The number of fused-ring (bicyclic) bond motifs is 1. The van der Waals surface area contributed by atoms with Gasteiger partial charge in [0.15, 0.2) is 0 Å². The van der Waals surface area contributed by atoms with Crippen molar-refractivity contribution < 1.29 is 4.74 Å². The lowest BCUT2D eigenvalue weighted by Gasteiger charge is -2.24. The molecule has 1 heterocycles. The van der Waals surface area contributed by atoms with E-state index in [4.69, 9.17) is 21.3 Å². The van der Waals surface area contributed by atoms with Gasteiger partial charge < -0.3 is 15.0 Å². The highest BCUT2D eigenvalue weighted by atomic mass is 35.5. The molecule has 2 atom stereocenters. The van der Waals surface area contributed by atoms with Crippen LogP contribution in [-0.2, 0) is 24.6 Å². The van der Waals surface area contributed by atoms with E-state index in [-0.39, 0.29) is 17.7 Å². The predicted molar refractivity (Wildman–Crippen MR) is 136 cm³/mol. The minimum absolute atomic E-state index is 0.0329. The van der Waals surface area contributed by atoms with Gasteiger partial charge in [0.25, 0.3) is 5.56 Å². The van der Waals surface area contributed by atoms with E-state index < -0.39 is 0 Å². The van der Waals surface area contributed by atoms with Crippen molar-refractivity contribution in [2.75, 3.05) is 30.9 Å². The monoisotopic (exact) mass is 466 g/mol. The lowest BCUT2D eigenvalue weighted by Crippen LogP contribution is -2.31. The number of aromatic nitrogens is 2. The molecule has 1 N–H and O–H groups in total. The first-order chi connectivity index (χ1) is 15.8. The van der Waals surface area contributed by atoms with Crippen molar-refractivity contribution in [2.45, 2.75) is 38.8 Å². The van der Waals surface area contributed by atoms with E-state index in [2.05, 4.69) is 17.4 Å². The van der Waals surface area contributed by atoms with Crippen molar-refractivity contribution in [2.24, 2.45) is 7.05 Å². The molecule has 33 heavy (non-hydrogen) atoms. The average Bonchev–Trinajstić information content (AvgIpc) is 3.14. The quantitative estimate of drug-likeness (QED) is 0.539. The molecule has 0 aliphatic heterocycles. The molecule has 0 amide bonds. The summed E-state index contributed by atoms with van der Waals surface area (Å²) in [5, 5.41) is 4.08. The van der Waals surface area contributed by atoms with Crippen LogP contribution in [0, 0.1) is 0 Å². The second-order valence-electron chi connectivity index (χ2n) is 8.55. The molecule has 0 spiro atoms. The van der Waals surface area contributed by atoms with Crippen LogP contribution < -0.4 is 15.8 Å². The van der Waals surface area contributed by atoms with Gasteiger partial charge in [0, 0.05) is 45.4 Å². The summed E-state index contributed by atoms with van der Waals surface area (Å²) in [6, 6.07) is 14.0. The minimum atomic E-state index is -0.121. The van der Waals surface area contributed by atoms with Gasteiger partial charge in [0.2, 0.25) is 0 Å². The first-order valence-electron chi connectivity index (χ1n) is 11.4. The zero-order chi connectivity index (χ0) is 23.7. The van der Waals surface area contributed by atoms with Crippen LogP contribution in [0.1, 0.15) is 36.7 Å². The number of anilines is 2. The summed E-state index contributed by atoms with van der Waals surface area (Å²) in [4.78, 5) is 20.4. The van der Waals surface area contributed by atoms with Crippen LogP contribution in [-0.4, -0.2) is 36.4 Å². The molecule has 174 valence electrons. The zero-order valence-electron chi connectivity index (χ0n) is 19.9. The number of nitrogens with zero attached hydrogens (tertiary/aromatic N) is 3. The number of halogens is 1. The molecule has 6 nitrogen and oxygen atoms in total. The number of ether oxygens (including phenoxy) is 1. The molecular formula is C26H31ClN4O2. The molecule has 0 radical (unpaired) electrons. The standard InChI is InChI=1S/C26H31ClN4O2/c1-6-21-24(29-23-18-11-9-8-10-16(18)14-22(23)33-7-2)26(32)31(5)25(28-21)19-13-12-17(30(3)4)15-20(19)27/h8-13,15,22-23,29H,6-7,14H2,1-5H3. The summed E-state index contributed by atoms with van der Waals surface area (Å²) in [7, 11) is 5.67. The van der Waals surface area contributed by atoms with Crippen LogP contribution in [0.15, 0.2) is 47.3 Å². The van der Waals surface area contributed by atoms with Crippen LogP contribution in [0.25, 0.3) is 11.4 Å². The fourth-order valence-electron chi connectivity index (χ4n) is 4.51. The van der Waals surface area contributed by atoms with E-state index >= 15 is 0 Å². The van der Waals surface area contributed by atoms with Crippen LogP contribution in [0.2, 0.25) is 5.02 Å². The second kappa shape index (κ2) is 9.57. The predicted octanol–water partition coefficient (Wildman–Crippen LogP) is 4.84. The Morgan fingerprint density at radius 3 is 2.64 bits per heavy atom. The van der Waals surface area contributed by atoms with E-state index in [1.165, 1.54) is 11.1 Å². The Hall–Kier alpha value is -2.83. The molecule has 4 rings (SSSR count). The maximum atomic E-state index is 13.6. The normalized spacial score (nSPS) is 17.2. The highest BCUT2D eigenvalue weighted by Gasteiger charge is 2.34. The average molecular weight is 467 g/mol. The van der Waals surface area contributed by atoms with Crippen molar-refractivity contribution >= 4 is 23.0 Å². The molecule has 1 aliphatic rings. The number of hydrogen-bond donors (Lipinski definition) is 1. The third-order valence-electron chi connectivity index (χ3n) is 6.27. The van der Waals surface area contributed by atoms with Crippen LogP contribution in [0.4, 0.5) is 11.4 Å². The molecule has 0 saturated heterocycles. The molecule has 2 unspecified atom stereocenters. The fourth-order valence-corrected chi connectivity index (χ4v) is 4.76. The number of rotatable bonds is 7. The third kappa shape index (κ3) is 4.37. The summed E-state index contributed by atoms with van der Waals surface area (Å²) >= 11 is 6.60. The zero-order valence-corrected chi connectivity index (χ0v) is 20.6. The van der Waals surface area contributed by atoms with Gasteiger partial charge in [-0.15, -0.1) is 0 Å². The van der Waals surface area contributed by atoms with Crippen molar-refractivity contribution in [1.29, 1.82) is 0 Å². The van der Waals surface area contributed by atoms with E-state index in [0.29, 0.717) is 29.6 Å². The minimum Gasteiger partial charge on any atom is -0.378 e. The van der Waals surface area contributed by atoms with Gasteiger partial charge in [-0.2, -0.15) is 0 Å². The van der Waals surface area contributed by atoms with E-state index in [1.807, 2.05) is 63.2 Å². The van der Waals surface area contributed by atoms with Gasteiger partial charge in [-0.3, -0.25) is 9.36 Å². The summed E-state index contributed by atoms with van der Waals surface area (Å²) < 4.78 is 7.62. The molecule has 2 aromatic carbocycles. The summed E-state index contributed by atoms with van der Waals surface area (Å²) in [6.45, 7) is 4.63. The SMILES string of the molecule is CCOC1Cc2ccccc2C1Nc1c(CC)nc(-c2ccc(N(C)C)cc2Cl)n(C)c1=O. The van der Waals surface area contributed by atoms with E-state index in [9.17, 15) is 4.79 Å². The molecule has 1 aromatic heterocycles. The van der Waals surface area contributed by atoms with Crippen molar-refractivity contribution in [3.63, 3.8) is 0 Å². The van der Waals surface area contributed by atoms with Gasteiger partial charge >= 0.3 is 0 Å². The lowest BCUT2D eigenvalue weighted by atomic mass is 10.1. The fraction of sp³-hybridized carbons (Fsp3) is 0.385. The smallest absolute Gasteiger partial charge is 0.277 e. The van der Waals surface area contributed by atoms with Crippen LogP contribution >= 0.6 is 11.6 Å². The van der Waals surface area contributed by atoms with Gasteiger partial charge in [-0.05, 0) is 42.7 Å². The largest absolute Gasteiger partial charge is 0.378 e. The van der Waals surface area contributed by atoms with Crippen LogP contribution in [0.5, 0.6) is 0 Å². The molecule has 0 saturated carbocycles. The Balaban J connectivity index is 1.77. The molecule has 0 bridgehead atoms. The maximum Gasteiger partial charge on any atom is 0.277 e. The van der Waals surface area contributed by atoms with Gasteiger partial charge in [0.05, 0.1) is 22.9 Å². The Morgan fingerprint density at radius 1 is 1.21 bits per heavy atom.